The van der Waals surface area contributed by atoms with Gasteiger partial charge in [-0.1, -0.05) is 0 Å². The van der Waals surface area contributed by atoms with Crippen molar-refractivity contribution in [1.29, 1.82) is 0 Å². The molecule has 0 aliphatic carbocycles. The number of carbonyl (C=O) groups is 2. The Morgan fingerprint density at radius 3 is 2.82 bits per heavy atom. The van der Waals surface area contributed by atoms with Crippen molar-refractivity contribution in [2.75, 3.05) is 31.8 Å². The van der Waals surface area contributed by atoms with Crippen LogP contribution in [-0.2, 0) is 9.53 Å². The van der Waals surface area contributed by atoms with Crippen molar-refractivity contribution in [2.24, 2.45) is 0 Å². The van der Waals surface area contributed by atoms with Crippen molar-refractivity contribution in [3.63, 3.8) is 0 Å². The van der Waals surface area contributed by atoms with Gasteiger partial charge in [-0.05, 0) is 11.5 Å². The van der Waals surface area contributed by atoms with Crippen LogP contribution >= 0.6 is 11.5 Å². The number of amides is 1. The predicted octanol–water partition coefficient (Wildman–Crippen LogP) is 0.0599. The summed E-state index contributed by atoms with van der Waals surface area (Å²) < 4.78 is 8.45. The molecule has 0 aliphatic heterocycles. The summed E-state index contributed by atoms with van der Waals surface area (Å²) in [5.74, 6) is -0.502. The minimum absolute atomic E-state index is 0.0883. The smallest absolute Gasteiger partial charge is 0.344 e. The van der Waals surface area contributed by atoms with E-state index in [1.165, 1.54) is 7.11 Å². The van der Waals surface area contributed by atoms with E-state index in [0.717, 1.165) is 11.5 Å². The van der Waals surface area contributed by atoms with E-state index in [4.69, 9.17) is 5.73 Å². The molecule has 94 valence electrons. The molecule has 0 fully saturated rings. The van der Waals surface area contributed by atoms with Crippen molar-refractivity contribution in [2.45, 2.75) is 6.42 Å². The number of nitrogens with one attached hydrogen (secondary N) is 2. The number of hydrogen-bond acceptors (Lipinski definition) is 7. The predicted molar refractivity (Wildman–Crippen MR) is 65.0 cm³/mol. The number of aromatic nitrogens is 1. The minimum atomic E-state index is -0.543. The lowest BCUT2D eigenvalue weighted by Crippen LogP contribution is -2.21. The molecule has 1 aromatic rings. The van der Waals surface area contributed by atoms with Crippen molar-refractivity contribution in [1.82, 2.24) is 9.69 Å². The number of nitrogens with two attached hydrogens (primary N) is 1. The van der Waals surface area contributed by atoms with Crippen molar-refractivity contribution < 1.29 is 14.3 Å². The lowest BCUT2D eigenvalue weighted by molar-refractivity contribution is -0.120. The molecule has 8 heteroatoms. The summed E-state index contributed by atoms with van der Waals surface area (Å²) in [6.07, 6.45) is 0.301. The Morgan fingerprint density at radius 1 is 1.53 bits per heavy atom. The molecule has 0 unspecified atom stereocenters. The Morgan fingerprint density at radius 2 is 2.24 bits per heavy atom. The molecule has 0 radical (unpaired) electrons. The van der Waals surface area contributed by atoms with Gasteiger partial charge < -0.3 is 21.1 Å². The maximum atomic E-state index is 11.4. The molecular formula is C9H14N4O3S. The molecule has 1 rings (SSSR count). The maximum Gasteiger partial charge on any atom is 0.344 e. The normalized spacial score (nSPS) is 9.76. The molecule has 0 saturated heterocycles. The van der Waals surface area contributed by atoms with E-state index in [1.807, 2.05) is 0 Å². The molecule has 0 atom stereocenters. The van der Waals surface area contributed by atoms with Gasteiger partial charge in [-0.2, -0.15) is 4.37 Å². The molecule has 1 amide bonds. The molecule has 1 aromatic heterocycles. The average molecular weight is 258 g/mol. The van der Waals surface area contributed by atoms with Crippen molar-refractivity contribution in [3.8, 4) is 0 Å². The summed E-state index contributed by atoms with van der Waals surface area (Å²) in [4.78, 5) is 22.4. The summed E-state index contributed by atoms with van der Waals surface area (Å²) in [5.41, 5.74) is 5.77. The third kappa shape index (κ3) is 3.31. The van der Waals surface area contributed by atoms with Gasteiger partial charge in [0.05, 0.1) is 7.11 Å². The van der Waals surface area contributed by atoms with Crippen LogP contribution in [0, 0.1) is 0 Å². The molecule has 7 nitrogen and oxygen atoms in total. The molecule has 0 aromatic carbocycles. The summed E-state index contributed by atoms with van der Waals surface area (Å²) in [7, 11) is 2.83. The standard InChI is InChI=1S/C9H14N4O3S/c1-11-5(14)3-4-12-8-6(9(15)16-2)7(10)13-17-8/h12H,3-4H2,1-2H3,(H2,10,13)(H,11,14). The fourth-order valence-corrected chi connectivity index (χ4v) is 1.86. The van der Waals surface area contributed by atoms with Crippen LogP contribution in [0.15, 0.2) is 0 Å². The highest BCUT2D eigenvalue weighted by Gasteiger charge is 2.19. The number of anilines is 2. The van der Waals surface area contributed by atoms with Gasteiger partial charge in [0.1, 0.15) is 10.6 Å². The zero-order valence-electron chi connectivity index (χ0n) is 9.57. The highest BCUT2D eigenvalue weighted by atomic mass is 32.1. The molecular weight excluding hydrogens is 244 g/mol. The Balaban J connectivity index is 2.65. The second-order valence-corrected chi connectivity index (χ2v) is 3.89. The molecule has 4 N–H and O–H groups in total. The van der Waals surface area contributed by atoms with Crippen LogP contribution < -0.4 is 16.4 Å². The van der Waals surface area contributed by atoms with Crippen molar-refractivity contribution in [3.05, 3.63) is 5.56 Å². The van der Waals surface area contributed by atoms with Gasteiger partial charge in [0, 0.05) is 20.0 Å². The van der Waals surface area contributed by atoms with E-state index in [9.17, 15) is 9.59 Å². The highest BCUT2D eigenvalue weighted by Crippen LogP contribution is 2.27. The molecule has 1 heterocycles. The van der Waals surface area contributed by atoms with Gasteiger partial charge in [0.25, 0.3) is 0 Å². The van der Waals surface area contributed by atoms with E-state index in [0.29, 0.717) is 18.0 Å². The van der Waals surface area contributed by atoms with Crippen LogP contribution in [0.25, 0.3) is 0 Å². The first-order valence-electron chi connectivity index (χ1n) is 4.88. The third-order valence-electron chi connectivity index (χ3n) is 2.02. The lowest BCUT2D eigenvalue weighted by Gasteiger charge is -2.05. The lowest BCUT2D eigenvalue weighted by atomic mass is 10.3. The Bertz CT molecular complexity index is 418. The van der Waals surface area contributed by atoms with Gasteiger partial charge in [-0.25, -0.2) is 4.79 Å². The Kier molecular flexibility index (Phi) is 4.70. The second-order valence-electron chi connectivity index (χ2n) is 3.11. The second kappa shape index (κ2) is 6.04. The molecule has 0 saturated carbocycles. The first kappa shape index (κ1) is 13.2. The van der Waals surface area contributed by atoms with Crippen LogP contribution in [0.5, 0.6) is 0 Å². The van der Waals surface area contributed by atoms with E-state index < -0.39 is 5.97 Å². The summed E-state index contributed by atoms with van der Waals surface area (Å²) in [5, 5.41) is 5.94. The van der Waals surface area contributed by atoms with E-state index in [1.54, 1.807) is 7.05 Å². The number of carbonyl (C=O) groups excluding carboxylic acids is 2. The van der Waals surface area contributed by atoms with E-state index >= 15 is 0 Å². The summed E-state index contributed by atoms with van der Waals surface area (Å²) >= 11 is 1.06. The summed E-state index contributed by atoms with van der Waals surface area (Å²) in [6.45, 7) is 0.394. The van der Waals surface area contributed by atoms with Crippen LogP contribution in [0.1, 0.15) is 16.8 Å². The zero-order valence-corrected chi connectivity index (χ0v) is 10.4. The Labute approximate surface area is 102 Å². The van der Waals surface area contributed by atoms with Gasteiger partial charge in [-0.15, -0.1) is 0 Å². The number of rotatable bonds is 5. The number of ether oxygens (including phenoxy) is 1. The number of hydrogen-bond donors (Lipinski definition) is 3. The molecule has 17 heavy (non-hydrogen) atoms. The zero-order chi connectivity index (χ0) is 12.8. The number of esters is 1. The van der Waals surface area contributed by atoms with E-state index in [2.05, 4.69) is 19.7 Å². The SMILES string of the molecule is CNC(=O)CCNc1snc(N)c1C(=O)OC. The minimum Gasteiger partial charge on any atom is -0.465 e. The summed E-state index contributed by atoms with van der Waals surface area (Å²) in [6, 6.07) is 0. The van der Waals surface area contributed by atoms with Crippen LogP contribution in [-0.4, -0.2) is 37.0 Å². The monoisotopic (exact) mass is 258 g/mol. The third-order valence-corrected chi connectivity index (χ3v) is 2.84. The van der Waals surface area contributed by atoms with Crippen LogP contribution in [0.3, 0.4) is 0 Å². The van der Waals surface area contributed by atoms with Gasteiger partial charge >= 0.3 is 5.97 Å². The number of nitrogen functional groups attached to an aromatic ring is 1. The number of methoxy groups -OCH3 is 1. The van der Waals surface area contributed by atoms with Gasteiger partial charge in [-0.3, -0.25) is 4.79 Å². The fourth-order valence-electron chi connectivity index (χ4n) is 1.14. The Hall–Kier alpha value is -1.83. The quantitative estimate of drug-likeness (QED) is 0.645. The molecule has 0 bridgehead atoms. The van der Waals surface area contributed by atoms with Crippen LogP contribution in [0.4, 0.5) is 10.8 Å². The van der Waals surface area contributed by atoms with Crippen LogP contribution in [0.2, 0.25) is 0 Å². The first-order chi connectivity index (χ1) is 8.10. The number of nitrogens with zero attached hydrogens (tertiary/aromatic N) is 1. The maximum absolute atomic E-state index is 11.4. The largest absolute Gasteiger partial charge is 0.465 e. The van der Waals surface area contributed by atoms with E-state index in [-0.39, 0.29) is 17.3 Å². The first-order valence-corrected chi connectivity index (χ1v) is 5.65. The average Bonchev–Trinajstić information content (AvgIpc) is 2.69. The molecule has 0 spiro atoms. The molecule has 0 aliphatic rings. The highest BCUT2D eigenvalue weighted by molar-refractivity contribution is 7.11. The van der Waals surface area contributed by atoms with Crippen molar-refractivity contribution >= 4 is 34.2 Å². The topological polar surface area (TPSA) is 106 Å². The fraction of sp³-hybridized carbons (Fsp3) is 0.444. The van der Waals surface area contributed by atoms with Gasteiger partial charge in [0.2, 0.25) is 5.91 Å². The van der Waals surface area contributed by atoms with Gasteiger partial charge in [0.15, 0.2) is 5.82 Å².